The SMILES string of the molecule is Fc1ccc(N=Cc2ccc(N3CCCCC3)cc2)c(F)c1. The number of hydrogen-bond donors (Lipinski definition) is 0. The molecule has 1 heterocycles. The van der Waals surface area contributed by atoms with Gasteiger partial charge >= 0.3 is 0 Å². The van der Waals surface area contributed by atoms with Crippen LogP contribution in [0.5, 0.6) is 0 Å². The summed E-state index contributed by atoms with van der Waals surface area (Å²) >= 11 is 0. The summed E-state index contributed by atoms with van der Waals surface area (Å²) in [7, 11) is 0. The van der Waals surface area contributed by atoms with Crippen LogP contribution in [0.2, 0.25) is 0 Å². The van der Waals surface area contributed by atoms with Gasteiger partial charge in [-0.15, -0.1) is 0 Å². The van der Waals surface area contributed by atoms with E-state index in [1.807, 2.05) is 12.1 Å². The summed E-state index contributed by atoms with van der Waals surface area (Å²) in [6, 6.07) is 11.4. The fourth-order valence-corrected chi connectivity index (χ4v) is 2.65. The molecule has 2 nitrogen and oxygen atoms in total. The first-order valence-corrected chi connectivity index (χ1v) is 7.56. The van der Waals surface area contributed by atoms with Crippen molar-refractivity contribution in [2.45, 2.75) is 19.3 Å². The Labute approximate surface area is 129 Å². The summed E-state index contributed by atoms with van der Waals surface area (Å²) in [4.78, 5) is 6.46. The van der Waals surface area contributed by atoms with Crippen LogP contribution in [0.15, 0.2) is 47.5 Å². The molecule has 0 atom stereocenters. The molecule has 0 N–H and O–H groups in total. The number of halogens is 2. The van der Waals surface area contributed by atoms with Crippen LogP contribution in [0.4, 0.5) is 20.2 Å². The molecule has 0 saturated carbocycles. The lowest BCUT2D eigenvalue weighted by atomic mass is 10.1. The molecule has 0 radical (unpaired) electrons. The summed E-state index contributed by atoms with van der Waals surface area (Å²) in [5.74, 6) is -1.25. The van der Waals surface area contributed by atoms with Crippen molar-refractivity contribution in [2.24, 2.45) is 4.99 Å². The summed E-state index contributed by atoms with van der Waals surface area (Å²) in [6.07, 6.45) is 5.39. The van der Waals surface area contributed by atoms with Gasteiger partial charge in [-0.25, -0.2) is 8.78 Å². The Hall–Kier alpha value is -2.23. The van der Waals surface area contributed by atoms with Crippen molar-refractivity contribution in [3.63, 3.8) is 0 Å². The van der Waals surface area contributed by atoms with Crippen molar-refractivity contribution in [3.8, 4) is 0 Å². The first-order valence-electron chi connectivity index (χ1n) is 7.56. The second kappa shape index (κ2) is 6.69. The molecular weight excluding hydrogens is 282 g/mol. The summed E-state index contributed by atoms with van der Waals surface area (Å²) < 4.78 is 26.3. The quantitative estimate of drug-likeness (QED) is 0.750. The Kier molecular flexibility index (Phi) is 4.47. The van der Waals surface area contributed by atoms with Gasteiger partial charge in [-0.05, 0) is 49.1 Å². The molecule has 2 aromatic rings. The Morgan fingerprint density at radius 2 is 1.64 bits per heavy atom. The molecule has 1 aliphatic rings. The standard InChI is InChI=1S/C18H18F2N2/c19-15-6-9-18(17(20)12-15)21-13-14-4-7-16(8-5-14)22-10-2-1-3-11-22/h4-9,12-13H,1-3,10-11H2. The molecule has 0 aliphatic carbocycles. The number of aliphatic imine (C=N–C) groups is 1. The van der Waals surface area contributed by atoms with E-state index >= 15 is 0 Å². The Morgan fingerprint density at radius 1 is 0.909 bits per heavy atom. The topological polar surface area (TPSA) is 15.6 Å². The van der Waals surface area contributed by atoms with Gasteiger partial charge in [0, 0.05) is 31.1 Å². The fraction of sp³-hybridized carbons (Fsp3) is 0.278. The van der Waals surface area contributed by atoms with Crippen molar-refractivity contribution in [1.82, 2.24) is 0 Å². The van der Waals surface area contributed by atoms with Gasteiger partial charge in [-0.2, -0.15) is 0 Å². The van der Waals surface area contributed by atoms with Gasteiger partial charge in [0.2, 0.25) is 0 Å². The second-order valence-corrected chi connectivity index (χ2v) is 5.49. The minimum absolute atomic E-state index is 0.140. The van der Waals surface area contributed by atoms with Gasteiger partial charge in [0.15, 0.2) is 5.82 Å². The maximum atomic E-state index is 13.5. The number of rotatable bonds is 3. The molecule has 0 spiro atoms. The van der Waals surface area contributed by atoms with E-state index in [2.05, 4.69) is 22.0 Å². The smallest absolute Gasteiger partial charge is 0.151 e. The lowest BCUT2D eigenvalue weighted by molar-refractivity contribution is 0.578. The highest BCUT2D eigenvalue weighted by Crippen LogP contribution is 2.21. The van der Waals surface area contributed by atoms with Crippen molar-refractivity contribution in [1.29, 1.82) is 0 Å². The molecule has 0 aromatic heterocycles. The number of piperidine rings is 1. The molecule has 22 heavy (non-hydrogen) atoms. The first-order chi connectivity index (χ1) is 10.7. The normalized spacial score (nSPS) is 15.5. The molecule has 0 unspecified atom stereocenters. The number of anilines is 1. The largest absolute Gasteiger partial charge is 0.372 e. The van der Waals surface area contributed by atoms with Crippen molar-refractivity contribution >= 4 is 17.6 Å². The van der Waals surface area contributed by atoms with Gasteiger partial charge in [-0.3, -0.25) is 4.99 Å². The van der Waals surface area contributed by atoms with E-state index < -0.39 is 11.6 Å². The predicted molar refractivity (Wildman–Crippen MR) is 86.1 cm³/mol. The molecule has 114 valence electrons. The van der Waals surface area contributed by atoms with Crippen molar-refractivity contribution in [2.75, 3.05) is 18.0 Å². The average Bonchev–Trinajstić information content (AvgIpc) is 2.55. The van der Waals surface area contributed by atoms with Gasteiger partial charge in [0.05, 0.1) is 5.69 Å². The Morgan fingerprint density at radius 3 is 2.32 bits per heavy atom. The molecule has 1 aliphatic heterocycles. The molecule has 2 aromatic carbocycles. The van der Waals surface area contributed by atoms with Crippen LogP contribution in [0, 0.1) is 11.6 Å². The van der Waals surface area contributed by atoms with E-state index in [0.717, 1.165) is 24.7 Å². The van der Waals surface area contributed by atoms with E-state index in [4.69, 9.17) is 0 Å². The molecule has 1 saturated heterocycles. The molecule has 3 rings (SSSR count). The maximum absolute atomic E-state index is 13.5. The average molecular weight is 300 g/mol. The third-order valence-electron chi connectivity index (χ3n) is 3.88. The number of benzene rings is 2. The van der Waals surface area contributed by atoms with Crippen LogP contribution >= 0.6 is 0 Å². The highest BCUT2D eigenvalue weighted by atomic mass is 19.1. The molecule has 4 heteroatoms. The van der Waals surface area contributed by atoms with Crippen LogP contribution < -0.4 is 4.90 Å². The molecule has 0 bridgehead atoms. The monoisotopic (exact) mass is 300 g/mol. The van der Waals surface area contributed by atoms with E-state index in [1.54, 1.807) is 6.21 Å². The molecular formula is C18H18F2N2. The zero-order chi connectivity index (χ0) is 15.4. The van der Waals surface area contributed by atoms with Crippen LogP contribution in [0.25, 0.3) is 0 Å². The predicted octanol–water partition coefficient (Wildman–Crippen LogP) is 4.71. The highest BCUT2D eigenvalue weighted by molar-refractivity contribution is 5.82. The van der Waals surface area contributed by atoms with Gasteiger partial charge < -0.3 is 4.90 Å². The third-order valence-corrected chi connectivity index (χ3v) is 3.88. The minimum Gasteiger partial charge on any atom is -0.372 e. The van der Waals surface area contributed by atoms with E-state index in [9.17, 15) is 8.78 Å². The lowest BCUT2D eigenvalue weighted by Crippen LogP contribution is -2.29. The van der Waals surface area contributed by atoms with E-state index in [0.29, 0.717) is 0 Å². The zero-order valence-corrected chi connectivity index (χ0v) is 12.3. The van der Waals surface area contributed by atoms with E-state index in [-0.39, 0.29) is 5.69 Å². The van der Waals surface area contributed by atoms with Gasteiger partial charge in [0.1, 0.15) is 5.82 Å². The summed E-state index contributed by atoms with van der Waals surface area (Å²) in [6.45, 7) is 2.21. The van der Waals surface area contributed by atoms with Gasteiger partial charge in [-0.1, -0.05) is 12.1 Å². The van der Waals surface area contributed by atoms with E-state index in [1.165, 1.54) is 37.1 Å². The first kappa shape index (κ1) is 14.7. The van der Waals surface area contributed by atoms with Crippen LogP contribution in [-0.4, -0.2) is 19.3 Å². The minimum atomic E-state index is -0.652. The van der Waals surface area contributed by atoms with Crippen molar-refractivity contribution in [3.05, 3.63) is 59.7 Å². The zero-order valence-electron chi connectivity index (χ0n) is 12.3. The summed E-state index contributed by atoms with van der Waals surface area (Å²) in [5.41, 5.74) is 2.25. The maximum Gasteiger partial charge on any atom is 0.151 e. The molecule has 0 amide bonds. The van der Waals surface area contributed by atoms with Gasteiger partial charge in [0.25, 0.3) is 0 Å². The molecule has 1 fully saturated rings. The fourth-order valence-electron chi connectivity index (χ4n) is 2.65. The Balaban J connectivity index is 1.71. The van der Waals surface area contributed by atoms with Crippen molar-refractivity contribution < 1.29 is 8.78 Å². The third kappa shape index (κ3) is 3.50. The number of hydrogen-bond acceptors (Lipinski definition) is 2. The van der Waals surface area contributed by atoms with Crippen LogP contribution in [0.1, 0.15) is 24.8 Å². The Bertz CT molecular complexity index is 659. The van der Waals surface area contributed by atoms with Crippen LogP contribution in [-0.2, 0) is 0 Å². The summed E-state index contributed by atoms with van der Waals surface area (Å²) in [5, 5.41) is 0. The van der Waals surface area contributed by atoms with Crippen LogP contribution in [0.3, 0.4) is 0 Å². The number of nitrogens with zero attached hydrogens (tertiary/aromatic N) is 2. The second-order valence-electron chi connectivity index (χ2n) is 5.49. The highest BCUT2D eigenvalue weighted by Gasteiger charge is 2.10. The lowest BCUT2D eigenvalue weighted by Gasteiger charge is -2.28.